The van der Waals surface area contributed by atoms with Crippen molar-refractivity contribution in [2.75, 3.05) is 6.54 Å². The molecular formula is C17H27NO. The summed E-state index contributed by atoms with van der Waals surface area (Å²) in [7, 11) is 0. The van der Waals surface area contributed by atoms with E-state index in [4.69, 9.17) is 0 Å². The van der Waals surface area contributed by atoms with Crippen molar-refractivity contribution >= 4 is 0 Å². The number of rotatable bonds is 3. The number of phenols is 1. The number of benzene rings is 1. The Morgan fingerprint density at radius 3 is 2.58 bits per heavy atom. The molecule has 2 atom stereocenters. The van der Waals surface area contributed by atoms with Gasteiger partial charge in [0.15, 0.2) is 0 Å². The van der Waals surface area contributed by atoms with Gasteiger partial charge >= 0.3 is 0 Å². The zero-order valence-corrected chi connectivity index (χ0v) is 12.9. The largest absolute Gasteiger partial charge is 0.508 e. The Hall–Kier alpha value is -1.02. The van der Waals surface area contributed by atoms with Crippen LogP contribution in [0, 0.1) is 12.3 Å². The molecule has 2 heteroatoms. The Morgan fingerprint density at radius 2 is 1.95 bits per heavy atom. The van der Waals surface area contributed by atoms with E-state index in [0.717, 1.165) is 24.9 Å². The van der Waals surface area contributed by atoms with Gasteiger partial charge in [-0.3, -0.25) is 0 Å². The van der Waals surface area contributed by atoms with Crippen LogP contribution in [0.3, 0.4) is 0 Å². The van der Waals surface area contributed by atoms with Crippen molar-refractivity contribution in [1.82, 2.24) is 5.32 Å². The summed E-state index contributed by atoms with van der Waals surface area (Å²) in [5.41, 5.74) is 4.16. The fraction of sp³-hybridized carbons (Fsp3) is 0.647. The van der Waals surface area contributed by atoms with Gasteiger partial charge in [-0.2, -0.15) is 0 Å². The van der Waals surface area contributed by atoms with Gasteiger partial charge in [-0.05, 0) is 54.8 Å². The minimum atomic E-state index is 0.312. The molecule has 0 amide bonds. The first-order valence-electron chi connectivity index (χ1n) is 7.35. The molecule has 1 aromatic rings. The van der Waals surface area contributed by atoms with Crippen LogP contribution in [0.2, 0.25) is 0 Å². The van der Waals surface area contributed by atoms with E-state index < -0.39 is 0 Å². The highest BCUT2D eigenvalue weighted by atomic mass is 16.3. The summed E-state index contributed by atoms with van der Waals surface area (Å²) in [5.74, 6) is 0.993. The minimum absolute atomic E-state index is 0.312. The molecule has 2 unspecified atom stereocenters. The van der Waals surface area contributed by atoms with Crippen LogP contribution in [0.25, 0.3) is 0 Å². The number of phenolic OH excluding ortho intramolecular Hbond substituents is 1. The molecule has 1 aromatic carbocycles. The molecule has 0 fully saturated rings. The summed E-state index contributed by atoms with van der Waals surface area (Å²) in [5, 5.41) is 13.8. The molecule has 2 N–H and O–H groups in total. The lowest BCUT2D eigenvalue weighted by Gasteiger charge is -2.21. The third-order valence-electron chi connectivity index (χ3n) is 4.18. The predicted octanol–water partition coefficient (Wildman–Crippen LogP) is 4.27. The van der Waals surface area contributed by atoms with Gasteiger partial charge in [-0.15, -0.1) is 0 Å². The van der Waals surface area contributed by atoms with Crippen molar-refractivity contribution in [3.05, 3.63) is 28.8 Å². The van der Waals surface area contributed by atoms with Crippen LogP contribution in [0.15, 0.2) is 12.1 Å². The monoisotopic (exact) mass is 261 g/mol. The summed E-state index contributed by atoms with van der Waals surface area (Å²) in [4.78, 5) is 0. The maximum atomic E-state index is 10.2. The lowest BCUT2D eigenvalue weighted by Crippen LogP contribution is -2.24. The normalized spacial score (nSPS) is 22.6. The molecule has 0 heterocycles. The molecule has 0 spiro atoms. The number of fused-ring (bicyclic) bond motifs is 1. The second-order valence-corrected chi connectivity index (χ2v) is 7.18. The summed E-state index contributed by atoms with van der Waals surface area (Å²) < 4.78 is 0. The molecule has 0 aromatic heterocycles. The number of nitrogens with one attached hydrogen (secondary N) is 1. The quantitative estimate of drug-likeness (QED) is 0.851. The standard InChI is InChI=1S/C17H27NO/c1-11-6-7-14(19)16-13(10-12(2)15(11)16)18-9-8-17(3,4)5/h6-7,12-13,18-19H,8-10H2,1-5H3. The Morgan fingerprint density at radius 1 is 1.26 bits per heavy atom. The highest BCUT2D eigenvalue weighted by Crippen LogP contribution is 2.45. The van der Waals surface area contributed by atoms with Crippen molar-refractivity contribution in [3.8, 4) is 5.75 Å². The van der Waals surface area contributed by atoms with E-state index >= 15 is 0 Å². The fourth-order valence-electron chi connectivity index (χ4n) is 3.15. The van der Waals surface area contributed by atoms with Crippen LogP contribution in [0.4, 0.5) is 0 Å². The Balaban J connectivity index is 2.13. The summed E-state index contributed by atoms with van der Waals surface area (Å²) in [6.07, 6.45) is 2.25. The molecule has 0 radical (unpaired) electrons. The molecule has 2 nitrogen and oxygen atoms in total. The molecule has 19 heavy (non-hydrogen) atoms. The SMILES string of the molecule is Cc1ccc(O)c2c1C(C)CC2NCCC(C)(C)C. The van der Waals surface area contributed by atoms with Crippen molar-refractivity contribution in [3.63, 3.8) is 0 Å². The first-order chi connectivity index (χ1) is 8.79. The van der Waals surface area contributed by atoms with Crippen LogP contribution in [0.1, 0.15) is 69.2 Å². The van der Waals surface area contributed by atoms with E-state index in [1.165, 1.54) is 11.1 Å². The topological polar surface area (TPSA) is 32.3 Å². The summed E-state index contributed by atoms with van der Waals surface area (Å²) >= 11 is 0. The first kappa shape index (κ1) is 14.4. The van der Waals surface area contributed by atoms with Crippen LogP contribution < -0.4 is 5.32 Å². The average Bonchev–Trinajstić information content (AvgIpc) is 2.61. The van der Waals surface area contributed by atoms with Gasteiger partial charge in [0.1, 0.15) is 5.75 Å². The molecule has 1 aliphatic rings. The molecular weight excluding hydrogens is 234 g/mol. The van der Waals surface area contributed by atoms with Crippen molar-refractivity contribution in [2.45, 2.75) is 59.4 Å². The van der Waals surface area contributed by atoms with Crippen LogP contribution in [-0.4, -0.2) is 11.7 Å². The highest BCUT2D eigenvalue weighted by Gasteiger charge is 2.31. The van der Waals surface area contributed by atoms with Gasteiger partial charge in [-0.1, -0.05) is 33.8 Å². The van der Waals surface area contributed by atoms with E-state index in [1.54, 1.807) is 0 Å². The number of hydrogen-bond acceptors (Lipinski definition) is 2. The molecule has 0 saturated heterocycles. The van der Waals surface area contributed by atoms with Gasteiger partial charge < -0.3 is 10.4 Å². The van der Waals surface area contributed by atoms with Crippen LogP contribution in [0.5, 0.6) is 5.75 Å². The smallest absolute Gasteiger partial charge is 0.120 e. The first-order valence-corrected chi connectivity index (χ1v) is 7.35. The van der Waals surface area contributed by atoms with Gasteiger partial charge in [0.05, 0.1) is 0 Å². The number of aromatic hydroxyl groups is 1. The third-order valence-corrected chi connectivity index (χ3v) is 4.18. The van der Waals surface area contributed by atoms with Gasteiger partial charge in [0.25, 0.3) is 0 Å². The molecule has 0 saturated carbocycles. The van der Waals surface area contributed by atoms with Gasteiger partial charge in [0, 0.05) is 11.6 Å². The Labute approximate surface area is 117 Å². The summed E-state index contributed by atoms with van der Waals surface area (Å²) in [6, 6.07) is 4.18. The molecule has 0 bridgehead atoms. The van der Waals surface area contributed by atoms with E-state index in [-0.39, 0.29) is 0 Å². The summed E-state index contributed by atoms with van der Waals surface area (Å²) in [6.45, 7) is 12.2. The second kappa shape index (κ2) is 5.16. The van der Waals surface area contributed by atoms with E-state index in [9.17, 15) is 5.11 Å². The Bertz CT molecular complexity index is 459. The maximum Gasteiger partial charge on any atom is 0.120 e. The van der Waals surface area contributed by atoms with Gasteiger partial charge in [-0.25, -0.2) is 0 Å². The molecule has 106 valence electrons. The Kier molecular flexibility index (Phi) is 3.91. The lowest BCUT2D eigenvalue weighted by atomic mass is 9.92. The van der Waals surface area contributed by atoms with Crippen molar-refractivity contribution < 1.29 is 5.11 Å². The van der Waals surface area contributed by atoms with E-state index in [2.05, 4.69) is 39.9 Å². The zero-order chi connectivity index (χ0) is 14.2. The second-order valence-electron chi connectivity index (χ2n) is 7.18. The lowest BCUT2D eigenvalue weighted by molar-refractivity contribution is 0.350. The van der Waals surface area contributed by atoms with Crippen molar-refractivity contribution in [2.24, 2.45) is 5.41 Å². The number of aryl methyl sites for hydroxylation is 1. The molecule has 2 rings (SSSR count). The van der Waals surface area contributed by atoms with Crippen LogP contribution in [-0.2, 0) is 0 Å². The maximum absolute atomic E-state index is 10.2. The predicted molar refractivity (Wildman–Crippen MR) is 80.7 cm³/mol. The molecule has 1 aliphatic carbocycles. The van der Waals surface area contributed by atoms with Crippen LogP contribution >= 0.6 is 0 Å². The molecule has 0 aliphatic heterocycles. The van der Waals surface area contributed by atoms with E-state index in [1.807, 2.05) is 12.1 Å². The minimum Gasteiger partial charge on any atom is -0.508 e. The fourth-order valence-corrected chi connectivity index (χ4v) is 3.15. The van der Waals surface area contributed by atoms with E-state index in [0.29, 0.717) is 23.1 Å². The third kappa shape index (κ3) is 3.11. The zero-order valence-electron chi connectivity index (χ0n) is 12.9. The number of hydrogen-bond donors (Lipinski definition) is 2. The van der Waals surface area contributed by atoms with Crippen molar-refractivity contribution in [1.29, 1.82) is 0 Å². The highest BCUT2D eigenvalue weighted by molar-refractivity contribution is 5.50. The van der Waals surface area contributed by atoms with Gasteiger partial charge in [0.2, 0.25) is 0 Å². The average molecular weight is 261 g/mol.